The first kappa shape index (κ1) is 16.6. The van der Waals surface area contributed by atoms with E-state index in [2.05, 4.69) is 20.4 Å². The second kappa shape index (κ2) is 8.01. The van der Waals surface area contributed by atoms with Crippen molar-refractivity contribution in [2.75, 3.05) is 46.1 Å². The van der Waals surface area contributed by atoms with Crippen LogP contribution in [-0.4, -0.2) is 73.1 Å². The first-order valence-corrected chi connectivity index (χ1v) is 8.29. The van der Waals surface area contributed by atoms with Crippen LogP contribution >= 0.6 is 11.6 Å². The summed E-state index contributed by atoms with van der Waals surface area (Å²) in [6.45, 7) is 5.36. The molecular weight excluding hydrogens is 320 g/mol. The number of hydrogen-bond donors (Lipinski definition) is 1. The predicted octanol–water partition coefficient (Wildman–Crippen LogP) is 0.597. The number of rotatable bonds is 5. The molecule has 2 fully saturated rings. The van der Waals surface area contributed by atoms with Gasteiger partial charge in [0.25, 0.3) is 5.91 Å². The van der Waals surface area contributed by atoms with Crippen LogP contribution in [0.2, 0.25) is 5.15 Å². The van der Waals surface area contributed by atoms with Gasteiger partial charge in [0.05, 0.1) is 19.8 Å². The molecule has 0 spiro atoms. The van der Waals surface area contributed by atoms with Gasteiger partial charge >= 0.3 is 0 Å². The zero-order valence-electron chi connectivity index (χ0n) is 12.9. The minimum Gasteiger partial charge on any atom is -0.381 e. The summed E-state index contributed by atoms with van der Waals surface area (Å²) < 4.78 is 11.0. The van der Waals surface area contributed by atoms with E-state index >= 15 is 0 Å². The van der Waals surface area contributed by atoms with Gasteiger partial charge in [-0.3, -0.25) is 9.69 Å². The molecule has 0 bridgehead atoms. The Morgan fingerprint density at radius 2 is 2.13 bits per heavy atom. The fourth-order valence-corrected chi connectivity index (χ4v) is 3.18. The van der Waals surface area contributed by atoms with Gasteiger partial charge in [0.15, 0.2) is 10.8 Å². The van der Waals surface area contributed by atoms with Crippen molar-refractivity contribution in [3.05, 3.63) is 23.0 Å². The minimum absolute atomic E-state index is 0.230. The Hall–Kier alpha value is -1.28. The molecule has 3 rings (SSSR count). The molecule has 0 radical (unpaired) electrons. The number of carbonyl (C=O) groups excluding carboxylic acids is 1. The molecule has 8 heteroatoms. The minimum atomic E-state index is -0.230. The van der Waals surface area contributed by atoms with Crippen LogP contribution in [0.1, 0.15) is 16.9 Å². The second-order valence-electron chi connectivity index (χ2n) is 5.79. The highest BCUT2D eigenvalue weighted by Crippen LogP contribution is 2.21. The highest BCUT2D eigenvalue weighted by atomic mass is 35.5. The van der Waals surface area contributed by atoms with Crippen molar-refractivity contribution in [3.63, 3.8) is 0 Å². The summed E-state index contributed by atoms with van der Waals surface area (Å²) >= 11 is 5.69. The van der Waals surface area contributed by atoms with E-state index in [0.29, 0.717) is 12.5 Å². The zero-order chi connectivity index (χ0) is 16.1. The Morgan fingerprint density at radius 3 is 2.78 bits per heavy atom. The van der Waals surface area contributed by atoms with Crippen LogP contribution in [0.15, 0.2) is 12.1 Å². The van der Waals surface area contributed by atoms with E-state index in [0.717, 1.165) is 45.9 Å². The molecule has 126 valence electrons. The van der Waals surface area contributed by atoms with Crippen LogP contribution in [0, 0.1) is 5.92 Å². The summed E-state index contributed by atoms with van der Waals surface area (Å²) in [4.78, 5) is 14.6. The highest BCUT2D eigenvalue weighted by Gasteiger charge is 2.31. The molecule has 2 aliphatic heterocycles. The highest BCUT2D eigenvalue weighted by molar-refractivity contribution is 6.29. The Balaban J connectivity index is 1.61. The Bertz CT molecular complexity index is 516. The van der Waals surface area contributed by atoms with Crippen LogP contribution in [0.3, 0.4) is 0 Å². The lowest BCUT2D eigenvalue weighted by molar-refractivity contribution is 0.00165. The molecule has 2 aliphatic rings. The molecule has 0 unspecified atom stereocenters. The summed E-state index contributed by atoms with van der Waals surface area (Å²) in [7, 11) is 0. The molecule has 0 aromatic carbocycles. The first-order valence-electron chi connectivity index (χ1n) is 7.91. The third-order valence-corrected chi connectivity index (χ3v) is 4.56. The Labute approximate surface area is 140 Å². The fraction of sp³-hybridized carbons (Fsp3) is 0.667. The number of morpholine rings is 1. The van der Waals surface area contributed by atoms with Crippen molar-refractivity contribution in [1.82, 2.24) is 20.4 Å². The van der Waals surface area contributed by atoms with Crippen molar-refractivity contribution in [1.29, 1.82) is 0 Å². The van der Waals surface area contributed by atoms with Gasteiger partial charge in [-0.1, -0.05) is 11.6 Å². The molecule has 7 nitrogen and oxygen atoms in total. The number of carbonyl (C=O) groups is 1. The van der Waals surface area contributed by atoms with Crippen molar-refractivity contribution in [2.24, 2.45) is 5.92 Å². The quantitative estimate of drug-likeness (QED) is 0.845. The number of halogens is 1. The van der Waals surface area contributed by atoms with E-state index in [9.17, 15) is 4.79 Å². The molecule has 2 atom stereocenters. The van der Waals surface area contributed by atoms with E-state index in [1.54, 1.807) is 12.1 Å². The number of nitrogens with one attached hydrogen (secondary N) is 1. The van der Waals surface area contributed by atoms with Gasteiger partial charge in [0, 0.05) is 38.2 Å². The van der Waals surface area contributed by atoms with E-state index in [1.165, 1.54) is 0 Å². The SMILES string of the molecule is O=C(NC[C@H]([C@@H]1CCOC1)N1CCOCC1)c1ccc(Cl)nn1. The van der Waals surface area contributed by atoms with Gasteiger partial charge in [-0.25, -0.2) is 0 Å². The number of aromatic nitrogens is 2. The second-order valence-corrected chi connectivity index (χ2v) is 6.18. The van der Waals surface area contributed by atoms with Gasteiger partial charge in [0.1, 0.15) is 0 Å². The van der Waals surface area contributed by atoms with Crippen LogP contribution in [0.25, 0.3) is 0 Å². The summed E-state index contributed by atoms with van der Waals surface area (Å²) in [6.07, 6.45) is 1.03. The van der Waals surface area contributed by atoms with E-state index in [4.69, 9.17) is 21.1 Å². The standard InChI is InChI=1S/C15H21ClN4O3/c16-14-2-1-12(18-19-14)15(21)17-9-13(11-3-6-23-10-11)20-4-7-22-8-5-20/h1-2,11,13H,3-10H2,(H,17,21)/t11-,13-/m1/s1. The van der Waals surface area contributed by atoms with Gasteiger partial charge < -0.3 is 14.8 Å². The Kier molecular flexibility index (Phi) is 5.77. The summed E-state index contributed by atoms with van der Waals surface area (Å²) in [5, 5.41) is 10.8. The summed E-state index contributed by atoms with van der Waals surface area (Å²) in [5.41, 5.74) is 0.276. The summed E-state index contributed by atoms with van der Waals surface area (Å²) in [5.74, 6) is 0.205. The lowest BCUT2D eigenvalue weighted by atomic mass is 9.97. The van der Waals surface area contributed by atoms with Gasteiger partial charge in [-0.15, -0.1) is 10.2 Å². The average Bonchev–Trinajstić information content (AvgIpc) is 3.11. The van der Waals surface area contributed by atoms with Crippen molar-refractivity contribution in [2.45, 2.75) is 12.5 Å². The molecule has 0 aliphatic carbocycles. The first-order chi connectivity index (χ1) is 11.2. The van der Waals surface area contributed by atoms with Crippen molar-refractivity contribution >= 4 is 17.5 Å². The topological polar surface area (TPSA) is 76.6 Å². The van der Waals surface area contributed by atoms with E-state index in [-0.39, 0.29) is 22.8 Å². The van der Waals surface area contributed by atoms with Crippen molar-refractivity contribution in [3.8, 4) is 0 Å². The molecule has 1 aromatic rings. The van der Waals surface area contributed by atoms with Gasteiger partial charge in [0.2, 0.25) is 0 Å². The van der Waals surface area contributed by atoms with Crippen LogP contribution in [0.4, 0.5) is 0 Å². The molecule has 1 N–H and O–H groups in total. The maximum atomic E-state index is 12.2. The van der Waals surface area contributed by atoms with Gasteiger partial charge in [-0.2, -0.15) is 0 Å². The molecule has 1 aromatic heterocycles. The van der Waals surface area contributed by atoms with Crippen LogP contribution in [0.5, 0.6) is 0 Å². The monoisotopic (exact) mass is 340 g/mol. The molecule has 0 saturated carbocycles. The van der Waals surface area contributed by atoms with E-state index < -0.39 is 0 Å². The maximum absolute atomic E-state index is 12.2. The summed E-state index contributed by atoms with van der Waals surface area (Å²) in [6, 6.07) is 3.39. The molecule has 23 heavy (non-hydrogen) atoms. The molecule has 3 heterocycles. The maximum Gasteiger partial charge on any atom is 0.271 e. The van der Waals surface area contributed by atoms with E-state index in [1.807, 2.05) is 0 Å². The third kappa shape index (κ3) is 4.38. The zero-order valence-corrected chi connectivity index (χ0v) is 13.7. The predicted molar refractivity (Wildman–Crippen MR) is 84.5 cm³/mol. The number of amides is 1. The largest absolute Gasteiger partial charge is 0.381 e. The van der Waals surface area contributed by atoms with Crippen LogP contribution < -0.4 is 5.32 Å². The van der Waals surface area contributed by atoms with Crippen LogP contribution in [-0.2, 0) is 9.47 Å². The molecule has 2 saturated heterocycles. The lowest BCUT2D eigenvalue weighted by Gasteiger charge is -2.37. The number of ether oxygens (including phenoxy) is 2. The molecular formula is C15H21ClN4O3. The lowest BCUT2D eigenvalue weighted by Crippen LogP contribution is -2.52. The third-order valence-electron chi connectivity index (χ3n) is 4.36. The fourth-order valence-electron chi connectivity index (χ4n) is 3.08. The van der Waals surface area contributed by atoms with Crippen molar-refractivity contribution < 1.29 is 14.3 Å². The number of hydrogen-bond acceptors (Lipinski definition) is 6. The smallest absolute Gasteiger partial charge is 0.271 e. The normalized spacial score (nSPS) is 23.6. The number of nitrogens with zero attached hydrogens (tertiary/aromatic N) is 3. The Morgan fingerprint density at radius 1 is 1.30 bits per heavy atom. The van der Waals surface area contributed by atoms with Gasteiger partial charge in [-0.05, 0) is 18.6 Å². The molecule has 1 amide bonds. The average molecular weight is 341 g/mol.